The Kier molecular flexibility index (Phi) is 6.68. The Morgan fingerprint density at radius 2 is 1.84 bits per heavy atom. The highest BCUT2D eigenvalue weighted by atomic mass is 32.1. The number of methoxy groups -OCH3 is 1. The van der Waals surface area contributed by atoms with E-state index >= 15 is 0 Å². The number of aromatic nitrogens is 2. The van der Waals surface area contributed by atoms with Gasteiger partial charge in [-0.1, -0.05) is 36.4 Å². The number of hydrogen-bond acceptors (Lipinski definition) is 5. The van der Waals surface area contributed by atoms with E-state index < -0.39 is 0 Å². The van der Waals surface area contributed by atoms with Gasteiger partial charge in [-0.2, -0.15) is 5.10 Å². The first kappa shape index (κ1) is 21.8. The zero-order valence-corrected chi connectivity index (χ0v) is 19.2. The van der Waals surface area contributed by atoms with Crippen molar-refractivity contribution in [3.05, 3.63) is 88.7 Å². The molecular weight excluding hydrogens is 420 g/mol. The van der Waals surface area contributed by atoms with Crippen molar-refractivity contribution >= 4 is 17.2 Å². The van der Waals surface area contributed by atoms with Crippen LogP contribution in [-0.2, 0) is 0 Å². The maximum atomic E-state index is 13.4. The van der Waals surface area contributed by atoms with E-state index in [4.69, 9.17) is 9.84 Å². The van der Waals surface area contributed by atoms with Crippen LogP contribution in [0.2, 0.25) is 0 Å². The van der Waals surface area contributed by atoms with E-state index in [1.807, 2.05) is 74.8 Å². The third kappa shape index (κ3) is 4.59. The fourth-order valence-corrected chi connectivity index (χ4v) is 4.52. The maximum absolute atomic E-state index is 13.4. The fourth-order valence-electron chi connectivity index (χ4n) is 3.60. The summed E-state index contributed by atoms with van der Waals surface area (Å²) in [7, 11) is 5.66. The molecule has 0 bridgehead atoms. The predicted octanol–water partition coefficient (Wildman–Crippen LogP) is 4.64. The third-order valence-corrected chi connectivity index (χ3v) is 6.27. The van der Waals surface area contributed by atoms with Crippen molar-refractivity contribution in [2.24, 2.45) is 0 Å². The largest absolute Gasteiger partial charge is 0.496 e. The molecule has 6 nitrogen and oxygen atoms in total. The molecule has 2 aromatic carbocycles. The van der Waals surface area contributed by atoms with Crippen molar-refractivity contribution in [2.45, 2.75) is 6.04 Å². The first-order valence-electron chi connectivity index (χ1n) is 10.3. The molecule has 7 heteroatoms. The number of nitrogens with zero attached hydrogens (tertiary/aromatic N) is 3. The summed E-state index contributed by atoms with van der Waals surface area (Å²) in [5.41, 5.74) is 2.74. The molecule has 0 aliphatic carbocycles. The predicted molar refractivity (Wildman–Crippen MR) is 129 cm³/mol. The molecule has 1 atom stereocenters. The highest BCUT2D eigenvalue weighted by molar-refractivity contribution is 7.10. The molecule has 4 aromatic rings. The minimum Gasteiger partial charge on any atom is -0.496 e. The quantitative estimate of drug-likeness (QED) is 0.428. The van der Waals surface area contributed by atoms with Crippen LogP contribution in [0.3, 0.4) is 0 Å². The van der Waals surface area contributed by atoms with Crippen LogP contribution in [0, 0.1) is 0 Å². The number of likely N-dealkylation sites (N-methyl/N-ethyl adjacent to an activating group) is 1. The van der Waals surface area contributed by atoms with E-state index in [1.54, 1.807) is 29.3 Å². The molecule has 1 N–H and O–H groups in total. The number of thiophene rings is 1. The number of benzene rings is 2. The van der Waals surface area contributed by atoms with E-state index in [0.29, 0.717) is 23.6 Å². The zero-order chi connectivity index (χ0) is 22.5. The summed E-state index contributed by atoms with van der Waals surface area (Å²) in [6.07, 6.45) is 1.78. The van der Waals surface area contributed by atoms with E-state index in [0.717, 1.165) is 11.3 Å². The van der Waals surface area contributed by atoms with Crippen LogP contribution >= 0.6 is 11.3 Å². The van der Waals surface area contributed by atoms with Crippen molar-refractivity contribution in [3.8, 4) is 22.7 Å². The highest BCUT2D eigenvalue weighted by Gasteiger charge is 2.23. The van der Waals surface area contributed by atoms with Crippen LogP contribution < -0.4 is 10.1 Å². The molecule has 1 unspecified atom stereocenters. The number of para-hydroxylation sites is 2. The van der Waals surface area contributed by atoms with Gasteiger partial charge in [0.25, 0.3) is 5.91 Å². The van der Waals surface area contributed by atoms with Gasteiger partial charge >= 0.3 is 0 Å². The number of nitrogens with one attached hydrogen (secondary N) is 1. The number of hydrogen-bond donors (Lipinski definition) is 1. The average Bonchev–Trinajstić information content (AvgIpc) is 3.50. The molecule has 0 saturated carbocycles. The minimum absolute atomic E-state index is 0.0952. The summed E-state index contributed by atoms with van der Waals surface area (Å²) in [6.45, 7) is 0.494. The molecule has 0 saturated heterocycles. The summed E-state index contributed by atoms with van der Waals surface area (Å²) in [4.78, 5) is 16.7. The lowest BCUT2D eigenvalue weighted by Crippen LogP contribution is -2.34. The summed E-state index contributed by atoms with van der Waals surface area (Å²) >= 11 is 1.69. The molecule has 164 valence electrons. The first-order chi connectivity index (χ1) is 15.6. The van der Waals surface area contributed by atoms with Crippen LogP contribution in [0.4, 0.5) is 0 Å². The molecule has 2 aromatic heterocycles. The molecule has 32 heavy (non-hydrogen) atoms. The SMILES string of the molecule is COc1ccccc1-c1nn(-c2ccccc2)cc1C(=O)NCC(c1cccs1)N(C)C. The van der Waals surface area contributed by atoms with E-state index in [2.05, 4.69) is 21.7 Å². The van der Waals surface area contributed by atoms with Gasteiger partial charge in [-0.05, 0) is 49.8 Å². The Morgan fingerprint density at radius 3 is 2.53 bits per heavy atom. The standard InChI is InChI=1S/C25H26N4O2S/c1-28(2)21(23-14-9-15-32-23)16-26-25(30)20-17-29(18-10-5-4-6-11-18)27-24(20)19-12-7-8-13-22(19)31-3/h4-15,17,21H,16H2,1-3H3,(H,26,30). The second kappa shape index (κ2) is 9.80. The summed E-state index contributed by atoms with van der Waals surface area (Å²) < 4.78 is 7.28. The van der Waals surface area contributed by atoms with Crippen molar-refractivity contribution in [1.82, 2.24) is 20.0 Å². The smallest absolute Gasteiger partial charge is 0.255 e. The molecule has 0 fully saturated rings. The maximum Gasteiger partial charge on any atom is 0.255 e. The van der Waals surface area contributed by atoms with Gasteiger partial charge in [0.05, 0.1) is 24.4 Å². The highest BCUT2D eigenvalue weighted by Crippen LogP contribution is 2.32. The Labute approximate surface area is 192 Å². The fraction of sp³-hybridized carbons (Fsp3) is 0.200. The monoisotopic (exact) mass is 446 g/mol. The van der Waals surface area contributed by atoms with Crippen LogP contribution in [0.1, 0.15) is 21.3 Å². The number of carbonyl (C=O) groups is 1. The Bertz CT molecular complexity index is 1170. The third-order valence-electron chi connectivity index (χ3n) is 5.29. The van der Waals surface area contributed by atoms with E-state index in [1.165, 1.54) is 4.88 Å². The lowest BCUT2D eigenvalue weighted by Gasteiger charge is -2.23. The van der Waals surface area contributed by atoms with Gasteiger partial charge in [0.15, 0.2) is 0 Å². The molecule has 0 aliphatic rings. The Hall–Kier alpha value is -3.42. The van der Waals surface area contributed by atoms with Crippen molar-refractivity contribution in [3.63, 3.8) is 0 Å². The number of amides is 1. The van der Waals surface area contributed by atoms with Gasteiger partial charge in [-0.3, -0.25) is 4.79 Å². The first-order valence-corrected chi connectivity index (χ1v) is 11.2. The van der Waals surface area contributed by atoms with Gasteiger partial charge in [0.1, 0.15) is 11.4 Å². The van der Waals surface area contributed by atoms with Gasteiger partial charge in [0.2, 0.25) is 0 Å². The summed E-state index contributed by atoms with van der Waals surface area (Å²) in [5.74, 6) is 0.501. The van der Waals surface area contributed by atoms with E-state index in [9.17, 15) is 4.79 Å². The molecule has 0 aliphatic heterocycles. The molecular formula is C25H26N4O2S. The second-order valence-electron chi connectivity index (χ2n) is 7.58. The lowest BCUT2D eigenvalue weighted by molar-refractivity contribution is 0.0943. The number of rotatable bonds is 8. The Balaban J connectivity index is 1.68. The van der Waals surface area contributed by atoms with Gasteiger partial charge in [-0.25, -0.2) is 4.68 Å². The normalized spacial score (nSPS) is 12.0. The van der Waals surface area contributed by atoms with Gasteiger partial charge in [0, 0.05) is 23.2 Å². The minimum atomic E-state index is -0.170. The molecule has 1 amide bonds. The van der Waals surface area contributed by atoms with Crippen LogP contribution in [0.25, 0.3) is 16.9 Å². The molecule has 2 heterocycles. The van der Waals surface area contributed by atoms with Crippen LogP contribution in [0.5, 0.6) is 5.75 Å². The lowest BCUT2D eigenvalue weighted by atomic mass is 10.1. The second-order valence-corrected chi connectivity index (χ2v) is 8.56. The summed E-state index contributed by atoms with van der Waals surface area (Å²) in [6, 6.07) is 21.6. The van der Waals surface area contributed by atoms with Crippen LogP contribution in [0.15, 0.2) is 78.3 Å². The van der Waals surface area contributed by atoms with E-state index in [-0.39, 0.29) is 11.9 Å². The number of carbonyl (C=O) groups excluding carboxylic acids is 1. The Morgan fingerprint density at radius 1 is 1.09 bits per heavy atom. The topological polar surface area (TPSA) is 59.4 Å². The van der Waals surface area contributed by atoms with Gasteiger partial charge < -0.3 is 15.0 Å². The summed E-state index contributed by atoms with van der Waals surface area (Å²) in [5, 5.41) is 9.93. The zero-order valence-electron chi connectivity index (χ0n) is 18.4. The van der Waals surface area contributed by atoms with Crippen LogP contribution in [-0.4, -0.2) is 48.3 Å². The van der Waals surface area contributed by atoms with Gasteiger partial charge in [-0.15, -0.1) is 11.3 Å². The van der Waals surface area contributed by atoms with Crippen molar-refractivity contribution < 1.29 is 9.53 Å². The average molecular weight is 447 g/mol. The van der Waals surface area contributed by atoms with Crippen molar-refractivity contribution in [1.29, 1.82) is 0 Å². The molecule has 0 spiro atoms. The molecule has 4 rings (SSSR count). The number of ether oxygens (including phenoxy) is 1. The molecule has 0 radical (unpaired) electrons. The van der Waals surface area contributed by atoms with Crippen molar-refractivity contribution in [2.75, 3.05) is 27.7 Å².